The number of rotatable bonds is 3. The molecule has 80 valence electrons. The summed E-state index contributed by atoms with van der Waals surface area (Å²) in [7, 11) is 0. The second-order valence-corrected chi connectivity index (χ2v) is 3.80. The maximum atomic E-state index is 11.2. The predicted octanol–water partition coefficient (Wildman–Crippen LogP) is 2.72. The maximum absolute atomic E-state index is 11.2. The van der Waals surface area contributed by atoms with Gasteiger partial charge in [-0.2, -0.15) is 0 Å². The molecule has 2 heteroatoms. The van der Waals surface area contributed by atoms with E-state index in [1.165, 1.54) is 5.56 Å². The van der Waals surface area contributed by atoms with Gasteiger partial charge in [-0.1, -0.05) is 29.8 Å². The summed E-state index contributed by atoms with van der Waals surface area (Å²) in [5, 5.41) is 0. The number of aldehydes is 1. The minimum absolute atomic E-state index is 0.191. The lowest BCUT2D eigenvalue weighted by Gasteiger charge is -2.10. The van der Waals surface area contributed by atoms with Gasteiger partial charge in [-0.3, -0.25) is 4.98 Å². The minimum atomic E-state index is -0.191. The standard InChI is InChI=1S/C14H13NO/c1-11-2-4-12(5-3-11)14(10-16)13-6-8-15-9-7-13/h2-10,14H,1H3. The molecule has 0 N–H and O–H groups in total. The normalized spacial score (nSPS) is 12.1. The summed E-state index contributed by atoms with van der Waals surface area (Å²) in [5.41, 5.74) is 3.20. The van der Waals surface area contributed by atoms with Gasteiger partial charge in [0.15, 0.2) is 0 Å². The van der Waals surface area contributed by atoms with E-state index in [-0.39, 0.29) is 5.92 Å². The number of carbonyl (C=O) groups excluding carboxylic acids is 1. The summed E-state index contributed by atoms with van der Waals surface area (Å²) >= 11 is 0. The van der Waals surface area contributed by atoms with E-state index < -0.39 is 0 Å². The van der Waals surface area contributed by atoms with Crippen LogP contribution >= 0.6 is 0 Å². The largest absolute Gasteiger partial charge is 0.302 e. The van der Waals surface area contributed by atoms with E-state index in [9.17, 15) is 4.79 Å². The number of pyridine rings is 1. The van der Waals surface area contributed by atoms with E-state index in [0.717, 1.165) is 17.4 Å². The average Bonchev–Trinajstić information content (AvgIpc) is 2.34. The molecule has 16 heavy (non-hydrogen) atoms. The van der Waals surface area contributed by atoms with Crippen LogP contribution in [0.3, 0.4) is 0 Å². The van der Waals surface area contributed by atoms with Gasteiger partial charge in [0.05, 0.1) is 5.92 Å². The van der Waals surface area contributed by atoms with Crippen LogP contribution in [0.25, 0.3) is 0 Å². The highest BCUT2D eigenvalue weighted by Gasteiger charge is 2.12. The first-order valence-electron chi connectivity index (χ1n) is 5.23. The molecule has 0 aliphatic heterocycles. The Kier molecular flexibility index (Phi) is 3.10. The molecule has 0 radical (unpaired) electrons. The zero-order valence-corrected chi connectivity index (χ0v) is 9.13. The van der Waals surface area contributed by atoms with Crippen molar-refractivity contribution in [3.05, 3.63) is 65.5 Å². The quantitative estimate of drug-likeness (QED) is 0.731. The van der Waals surface area contributed by atoms with Crippen molar-refractivity contribution in [3.8, 4) is 0 Å². The molecule has 2 nitrogen and oxygen atoms in total. The van der Waals surface area contributed by atoms with E-state index in [1.807, 2.05) is 43.3 Å². The van der Waals surface area contributed by atoms with Crippen molar-refractivity contribution in [2.24, 2.45) is 0 Å². The minimum Gasteiger partial charge on any atom is -0.302 e. The molecular weight excluding hydrogens is 198 g/mol. The fourth-order valence-electron chi connectivity index (χ4n) is 1.69. The van der Waals surface area contributed by atoms with Gasteiger partial charge in [0.2, 0.25) is 0 Å². The van der Waals surface area contributed by atoms with Gasteiger partial charge in [0.1, 0.15) is 6.29 Å². The van der Waals surface area contributed by atoms with Crippen LogP contribution in [-0.2, 0) is 4.79 Å². The van der Waals surface area contributed by atoms with Crippen molar-refractivity contribution in [1.29, 1.82) is 0 Å². The molecule has 1 heterocycles. The SMILES string of the molecule is Cc1ccc(C(C=O)c2ccncc2)cc1. The van der Waals surface area contributed by atoms with Gasteiger partial charge in [-0.05, 0) is 30.2 Å². The predicted molar refractivity (Wildman–Crippen MR) is 63.3 cm³/mol. The first-order valence-corrected chi connectivity index (χ1v) is 5.23. The van der Waals surface area contributed by atoms with Crippen LogP contribution in [0.1, 0.15) is 22.6 Å². The molecule has 2 aromatic rings. The molecule has 1 atom stereocenters. The molecular formula is C14H13NO. The summed E-state index contributed by atoms with van der Waals surface area (Å²) in [6.07, 6.45) is 4.39. The van der Waals surface area contributed by atoms with Crippen LogP contribution in [0.15, 0.2) is 48.8 Å². The Morgan fingerprint density at radius 3 is 2.12 bits per heavy atom. The van der Waals surface area contributed by atoms with E-state index in [2.05, 4.69) is 4.98 Å². The van der Waals surface area contributed by atoms with Gasteiger partial charge < -0.3 is 4.79 Å². The zero-order chi connectivity index (χ0) is 11.4. The van der Waals surface area contributed by atoms with Gasteiger partial charge in [-0.25, -0.2) is 0 Å². The highest BCUT2D eigenvalue weighted by atomic mass is 16.1. The second kappa shape index (κ2) is 4.71. The highest BCUT2D eigenvalue weighted by Crippen LogP contribution is 2.22. The van der Waals surface area contributed by atoms with E-state index in [1.54, 1.807) is 12.4 Å². The Bertz CT molecular complexity index is 462. The molecule has 0 saturated carbocycles. The van der Waals surface area contributed by atoms with Crippen molar-refractivity contribution in [3.63, 3.8) is 0 Å². The average molecular weight is 211 g/mol. The Labute approximate surface area is 95.0 Å². The third-order valence-electron chi connectivity index (χ3n) is 2.64. The molecule has 0 amide bonds. The van der Waals surface area contributed by atoms with Crippen molar-refractivity contribution >= 4 is 6.29 Å². The number of aryl methyl sites for hydroxylation is 1. The van der Waals surface area contributed by atoms with Crippen molar-refractivity contribution in [1.82, 2.24) is 4.98 Å². The van der Waals surface area contributed by atoms with Crippen LogP contribution in [-0.4, -0.2) is 11.3 Å². The van der Waals surface area contributed by atoms with Crippen molar-refractivity contribution in [2.45, 2.75) is 12.8 Å². The summed E-state index contributed by atoms with van der Waals surface area (Å²) in [6.45, 7) is 2.03. The number of hydrogen-bond donors (Lipinski definition) is 0. The van der Waals surface area contributed by atoms with Gasteiger partial charge in [0.25, 0.3) is 0 Å². The summed E-state index contributed by atoms with van der Waals surface area (Å²) in [5.74, 6) is -0.191. The summed E-state index contributed by atoms with van der Waals surface area (Å²) < 4.78 is 0. The molecule has 0 bridgehead atoms. The molecule has 1 aromatic heterocycles. The number of benzene rings is 1. The molecule has 2 rings (SSSR count). The Morgan fingerprint density at radius 2 is 1.56 bits per heavy atom. The van der Waals surface area contributed by atoms with Crippen LogP contribution in [0.2, 0.25) is 0 Å². The van der Waals surface area contributed by atoms with Crippen LogP contribution in [0.5, 0.6) is 0 Å². The van der Waals surface area contributed by atoms with Crippen LogP contribution in [0.4, 0.5) is 0 Å². The van der Waals surface area contributed by atoms with Gasteiger partial charge in [-0.15, -0.1) is 0 Å². The Hall–Kier alpha value is -1.96. The summed E-state index contributed by atoms with van der Waals surface area (Å²) in [4.78, 5) is 15.1. The van der Waals surface area contributed by atoms with Gasteiger partial charge >= 0.3 is 0 Å². The van der Waals surface area contributed by atoms with Gasteiger partial charge in [0, 0.05) is 12.4 Å². The number of aromatic nitrogens is 1. The van der Waals surface area contributed by atoms with Crippen molar-refractivity contribution < 1.29 is 4.79 Å². The number of hydrogen-bond acceptors (Lipinski definition) is 2. The monoisotopic (exact) mass is 211 g/mol. The molecule has 1 unspecified atom stereocenters. The first kappa shape index (κ1) is 10.6. The van der Waals surface area contributed by atoms with E-state index in [4.69, 9.17) is 0 Å². The summed E-state index contributed by atoms with van der Waals surface area (Å²) in [6, 6.07) is 11.8. The molecule has 0 aliphatic rings. The first-order chi connectivity index (χ1) is 7.81. The van der Waals surface area contributed by atoms with Crippen LogP contribution in [0, 0.1) is 6.92 Å². The third-order valence-corrected chi connectivity index (χ3v) is 2.64. The molecule has 1 aromatic carbocycles. The topological polar surface area (TPSA) is 30.0 Å². The van der Waals surface area contributed by atoms with Crippen molar-refractivity contribution in [2.75, 3.05) is 0 Å². The maximum Gasteiger partial charge on any atom is 0.131 e. The Balaban J connectivity index is 2.37. The molecule has 0 spiro atoms. The molecule has 0 saturated heterocycles. The lowest BCUT2D eigenvalue weighted by atomic mass is 9.93. The number of nitrogens with zero attached hydrogens (tertiary/aromatic N) is 1. The van der Waals surface area contributed by atoms with E-state index in [0.29, 0.717) is 0 Å². The van der Waals surface area contributed by atoms with E-state index >= 15 is 0 Å². The molecule has 0 aliphatic carbocycles. The zero-order valence-electron chi connectivity index (χ0n) is 9.13. The molecule has 0 fully saturated rings. The fourth-order valence-corrected chi connectivity index (χ4v) is 1.69. The second-order valence-electron chi connectivity index (χ2n) is 3.80. The Morgan fingerprint density at radius 1 is 1.00 bits per heavy atom. The number of carbonyl (C=O) groups is 1. The van der Waals surface area contributed by atoms with Crippen LogP contribution < -0.4 is 0 Å². The highest BCUT2D eigenvalue weighted by molar-refractivity contribution is 5.68. The third kappa shape index (κ3) is 2.16. The lowest BCUT2D eigenvalue weighted by molar-refractivity contribution is -0.108. The lowest BCUT2D eigenvalue weighted by Crippen LogP contribution is -2.02. The fraction of sp³-hybridized carbons (Fsp3) is 0.143. The smallest absolute Gasteiger partial charge is 0.131 e.